The van der Waals surface area contributed by atoms with Gasteiger partial charge in [0.05, 0.1) is 22.5 Å². The fourth-order valence-corrected chi connectivity index (χ4v) is 4.29. The third-order valence-corrected chi connectivity index (χ3v) is 7.01. The summed E-state index contributed by atoms with van der Waals surface area (Å²) in [7, 11) is -0.574. The van der Waals surface area contributed by atoms with Gasteiger partial charge in [0.1, 0.15) is 18.2 Å². The summed E-state index contributed by atoms with van der Waals surface area (Å²) in [5, 5.41) is 0. The predicted octanol–water partition coefficient (Wildman–Crippen LogP) is 3.91. The lowest BCUT2D eigenvalue weighted by molar-refractivity contribution is -0.145. The molecule has 0 spiro atoms. The van der Waals surface area contributed by atoms with E-state index in [0.717, 1.165) is 23.3 Å². The first kappa shape index (κ1) is 24.7. The molecule has 178 valence electrons. The van der Waals surface area contributed by atoms with E-state index in [-0.39, 0.29) is 23.9 Å². The average molecular weight is 474 g/mol. The van der Waals surface area contributed by atoms with Crippen molar-refractivity contribution in [2.24, 2.45) is 0 Å². The number of hydrogen-bond acceptors (Lipinski definition) is 6. The minimum atomic E-state index is -3.56. The normalized spacial score (nSPS) is 11.8. The molecule has 0 radical (unpaired) electrons. The lowest BCUT2D eigenvalue weighted by Crippen LogP contribution is -2.22. The number of benzene rings is 2. The molecule has 0 bridgehead atoms. The van der Waals surface area contributed by atoms with Crippen molar-refractivity contribution < 1.29 is 22.7 Å². The first-order chi connectivity index (χ1) is 15.7. The zero-order chi connectivity index (χ0) is 24.0. The van der Waals surface area contributed by atoms with E-state index in [0.29, 0.717) is 30.9 Å². The lowest BCUT2D eigenvalue weighted by atomic mass is 10.2. The maximum absolute atomic E-state index is 12.5. The van der Waals surface area contributed by atoms with Crippen LogP contribution in [-0.4, -0.2) is 48.9 Å². The summed E-state index contributed by atoms with van der Waals surface area (Å²) in [6.45, 7) is 5.20. The van der Waals surface area contributed by atoms with Crippen molar-refractivity contribution >= 4 is 27.0 Å². The molecule has 2 aromatic carbocycles. The SMILES string of the molecule is CCCn1c(COC(=O)CCCOc2ccc(C)cc2)nc2cc(S(=O)(=O)N(C)C)ccc21. The second kappa shape index (κ2) is 10.8. The number of carbonyl (C=O) groups is 1. The number of aryl methyl sites for hydroxylation is 2. The van der Waals surface area contributed by atoms with E-state index in [4.69, 9.17) is 9.47 Å². The summed E-state index contributed by atoms with van der Waals surface area (Å²) >= 11 is 0. The second-order valence-corrected chi connectivity index (χ2v) is 10.2. The van der Waals surface area contributed by atoms with Gasteiger partial charge in [-0.1, -0.05) is 24.6 Å². The van der Waals surface area contributed by atoms with Crippen LogP contribution >= 0.6 is 0 Å². The topological polar surface area (TPSA) is 90.7 Å². The zero-order valence-corrected chi connectivity index (χ0v) is 20.4. The van der Waals surface area contributed by atoms with Gasteiger partial charge in [-0.25, -0.2) is 17.7 Å². The molecule has 0 atom stereocenters. The molecule has 0 saturated heterocycles. The van der Waals surface area contributed by atoms with Gasteiger partial charge in [-0.2, -0.15) is 0 Å². The van der Waals surface area contributed by atoms with Crippen LogP contribution in [-0.2, 0) is 32.7 Å². The minimum absolute atomic E-state index is 0.0299. The molecule has 0 aliphatic carbocycles. The largest absolute Gasteiger partial charge is 0.494 e. The Morgan fingerprint density at radius 3 is 2.52 bits per heavy atom. The Kier molecular flexibility index (Phi) is 8.10. The van der Waals surface area contributed by atoms with Crippen molar-refractivity contribution in [1.29, 1.82) is 0 Å². The van der Waals surface area contributed by atoms with Crippen LogP contribution < -0.4 is 4.74 Å². The van der Waals surface area contributed by atoms with Crippen LogP contribution in [0.3, 0.4) is 0 Å². The van der Waals surface area contributed by atoms with Gasteiger partial charge < -0.3 is 14.0 Å². The molecule has 3 rings (SSSR count). The summed E-state index contributed by atoms with van der Waals surface area (Å²) in [6, 6.07) is 12.7. The molecule has 1 heterocycles. The number of carbonyl (C=O) groups excluding carboxylic acids is 1. The number of aromatic nitrogens is 2. The summed E-state index contributed by atoms with van der Waals surface area (Å²) in [5.41, 5.74) is 2.53. The number of nitrogens with zero attached hydrogens (tertiary/aromatic N) is 3. The number of rotatable bonds is 11. The van der Waals surface area contributed by atoms with Crippen molar-refractivity contribution in [2.75, 3.05) is 20.7 Å². The van der Waals surface area contributed by atoms with Crippen molar-refractivity contribution in [3.05, 3.63) is 53.9 Å². The summed E-state index contributed by atoms with van der Waals surface area (Å²) in [6.07, 6.45) is 1.65. The van der Waals surface area contributed by atoms with Crippen molar-refractivity contribution in [3.8, 4) is 5.75 Å². The highest BCUT2D eigenvalue weighted by Gasteiger charge is 2.20. The van der Waals surface area contributed by atoms with Gasteiger partial charge in [-0.15, -0.1) is 0 Å². The first-order valence-corrected chi connectivity index (χ1v) is 12.4. The lowest BCUT2D eigenvalue weighted by Gasteiger charge is -2.11. The monoisotopic (exact) mass is 473 g/mol. The molecule has 0 fully saturated rings. The molecule has 0 amide bonds. The Balaban J connectivity index is 1.61. The molecule has 9 heteroatoms. The number of ether oxygens (including phenoxy) is 2. The standard InChI is InChI=1S/C24H31N3O5S/c1-5-14-27-22-13-12-20(33(29,30)26(3)4)16-21(22)25-23(27)17-32-24(28)7-6-15-31-19-10-8-18(2)9-11-19/h8-13,16H,5-7,14-15,17H2,1-4H3. The Hall–Kier alpha value is -2.91. The second-order valence-electron chi connectivity index (χ2n) is 8.04. The van der Waals surface area contributed by atoms with Gasteiger partial charge in [0.2, 0.25) is 10.0 Å². The maximum atomic E-state index is 12.5. The van der Waals surface area contributed by atoms with Crippen molar-refractivity contribution in [3.63, 3.8) is 0 Å². The smallest absolute Gasteiger partial charge is 0.306 e. The summed E-state index contributed by atoms with van der Waals surface area (Å²) < 4.78 is 39.1. The van der Waals surface area contributed by atoms with Crippen molar-refractivity contribution in [2.45, 2.75) is 51.2 Å². The van der Waals surface area contributed by atoms with Crippen LogP contribution in [0.2, 0.25) is 0 Å². The van der Waals surface area contributed by atoms with E-state index in [2.05, 4.69) is 4.98 Å². The molecule has 3 aromatic rings. The van der Waals surface area contributed by atoms with Crippen LogP contribution in [0.25, 0.3) is 11.0 Å². The van der Waals surface area contributed by atoms with Crippen LogP contribution in [0.4, 0.5) is 0 Å². The third-order valence-electron chi connectivity index (χ3n) is 5.20. The number of fused-ring (bicyclic) bond motifs is 1. The van der Waals surface area contributed by atoms with Crippen LogP contribution in [0.15, 0.2) is 47.4 Å². The van der Waals surface area contributed by atoms with E-state index in [1.165, 1.54) is 18.4 Å². The van der Waals surface area contributed by atoms with Crippen LogP contribution in [0.1, 0.15) is 37.6 Å². The van der Waals surface area contributed by atoms with Gasteiger partial charge >= 0.3 is 5.97 Å². The fourth-order valence-electron chi connectivity index (χ4n) is 3.37. The van der Waals surface area contributed by atoms with E-state index < -0.39 is 10.0 Å². The van der Waals surface area contributed by atoms with Gasteiger partial charge in [-0.3, -0.25) is 4.79 Å². The van der Waals surface area contributed by atoms with E-state index in [1.807, 2.05) is 42.7 Å². The molecular weight excluding hydrogens is 442 g/mol. The van der Waals surface area contributed by atoms with Crippen LogP contribution in [0.5, 0.6) is 5.75 Å². The zero-order valence-electron chi connectivity index (χ0n) is 19.6. The Morgan fingerprint density at radius 2 is 1.85 bits per heavy atom. The highest BCUT2D eigenvalue weighted by atomic mass is 32.2. The van der Waals surface area contributed by atoms with Gasteiger partial charge in [0.25, 0.3) is 0 Å². The van der Waals surface area contributed by atoms with Gasteiger partial charge in [0, 0.05) is 27.1 Å². The number of sulfonamides is 1. The Labute approximate surface area is 195 Å². The maximum Gasteiger partial charge on any atom is 0.306 e. The molecule has 0 N–H and O–H groups in total. The first-order valence-electron chi connectivity index (χ1n) is 11.0. The molecule has 0 saturated carbocycles. The van der Waals surface area contributed by atoms with E-state index in [9.17, 15) is 13.2 Å². The molecule has 0 aliphatic rings. The van der Waals surface area contributed by atoms with E-state index in [1.54, 1.807) is 18.2 Å². The van der Waals surface area contributed by atoms with E-state index >= 15 is 0 Å². The number of hydrogen-bond donors (Lipinski definition) is 0. The van der Waals surface area contributed by atoms with Crippen molar-refractivity contribution in [1.82, 2.24) is 13.9 Å². The molecule has 1 aromatic heterocycles. The Bertz CT molecular complexity index is 1200. The molecule has 0 aliphatic heterocycles. The molecule has 0 unspecified atom stereocenters. The fraction of sp³-hybridized carbons (Fsp3) is 0.417. The summed E-state index contributed by atoms with van der Waals surface area (Å²) in [4.78, 5) is 17.0. The van der Waals surface area contributed by atoms with Gasteiger partial charge in [0.15, 0.2) is 0 Å². The van der Waals surface area contributed by atoms with Crippen LogP contribution in [0, 0.1) is 6.92 Å². The summed E-state index contributed by atoms with van der Waals surface area (Å²) in [5.74, 6) is 1.04. The van der Waals surface area contributed by atoms with Gasteiger partial charge in [-0.05, 0) is 50.1 Å². The molecular formula is C24H31N3O5S. The highest BCUT2D eigenvalue weighted by molar-refractivity contribution is 7.89. The predicted molar refractivity (Wildman–Crippen MR) is 127 cm³/mol. The highest BCUT2D eigenvalue weighted by Crippen LogP contribution is 2.23. The quantitative estimate of drug-likeness (QED) is 0.310. The number of imidazole rings is 1. The minimum Gasteiger partial charge on any atom is -0.494 e. The number of esters is 1. The molecule has 8 nitrogen and oxygen atoms in total. The Morgan fingerprint density at radius 1 is 1.12 bits per heavy atom. The third kappa shape index (κ3) is 6.11. The molecule has 33 heavy (non-hydrogen) atoms. The average Bonchev–Trinajstić information content (AvgIpc) is 3.13.